The number of nitrogens with zero attached hydrogens (tertiary/aromatic N) is 1. The number of ketones is 1. The van der Waals surface area contributed by atoms with Crippen molar-refractivity contribution in [3.63, 3.8) is 0 Å². The molecule has 6 heteroatoms. The molecule has 24 heavy (non-hydrogen) atoms. The maximum atomic E-state index is 13.2. The molecule has 0 radical (unpaired) electrons. The molecule has 0 bridgehead atoms. The van der Waals surface area contributed by atoms with Gasteiger partial charge in [-0.3, -0.25) is 4.79 Å². The molecule has 3 nitrogen and oxygen atoms in total. The normalized spacial score (nSPS) is 20.0. The quantitative estimate of drug-likeness (QED) is 0.863. The summed E-state index contributed by atoms with van der Waals surface area (Å²) in [6, 6.07) is 12.9. The van der Waals surface area contributed by atoms with Crippen molar-refractivity contribution in [2.75, 3.05) is 0 Å². The van der Waals surface area contributed by atoms with E-state index in [2.05, 4.69) is 6.07 Å². The molecule has 2 aromatic rings. The minimum absolute atomic E-state index is 0.248. The number of carbonyl (C=O) groups is 1. The van der Waals surface area contributed by atoms with Gasteiger partial charge in [-0.25, -0.2) is 8.78 Å². The van der Waals surface area contributed by atoms with E-state index in [0.29, 0.717) is 16.7 Å². The molecule has 0 aromatic heterocycles. The largest absolute Gasteiger partial charge is 0.393 e. The highest BCUT2D eigenvalue weighted by molar-refractivity contribution is 8.04. The molecular weight excluding hydrogens is 330 g/mol. The Balaban J connectivity index is 2.00. The van der Waals surface area contributed by atoms with Gasteiger partial charge >= 0.3 is 0 Å². The van der Waals surface area contributed by atoms with Crippen molar-refractivity contribution in [1.29, 1.82) is 5.26 Å². The van der Waals surface area contributed by atoms with Gasteiger partial charge < -0.3 is 5.73 Å². The van der Waals surface area contributed by atoms with E-state index in [9.17, 15) is 18.8 Å². The molecule has 0 spiro atoms. The van der Waals surface area contributed by atoms with Gasteiger partial charge in [0.15, 0.2) is 5.78 Å². The molecule has 3 rings (SSSR count). The first kappa shape index (κ1) is 16.2. The Morgan fingerprint density at radius 2 is 1.58 bits per heavy atom. The number of Topliss-reactive ketones (excluding diaryl/α,β-unsaturated/α-hetero) is 1. The summed E-state index contributed by atoms with van der Waals surface area (Å²) in [7, 11) is 0. The van der Waals surface area contributed by atoms with E-state index in [-0.39, 0.29) is 10.8 Å². The Morgan fingerprint density at radius 1 is 1.04 bits per heavy atom. The van der Waals surface area contributed by atoms with Gasteiger partial charge in [0, 0.05) is 11.5 Å². The molecular formula is C18H12F2N2OS. The third-order valence-corrected chi connectivity index (χ3v) is 5.08. The molecule has 1 aliphatic rings. The molecule has 0 amide bonds. The first-order valence-corrected chi connectivity index (χ1v) is 8.01. The number of rotatable bonds is 3. The van der Waals surface area contributed by atoms with E-state index in [1.54, 1.807) is 12.1 Å². The van der Waals surface area contributed by atoms with Crippen LogP contribution in [0.5, 0.6) is 0 Å². The number of thioether (sulfide) groups is 1. The first-order valence-electron chi connectivity index (χ1n) is 7.13. The number of nitrogens with two attached hydrogens (primary N) is 1. The topological polar surface area (TPSA) is 66.9 Å². The molecule has 0 saturated heterocycles. The zero-order chi connectivity index (χ0) is 17.3. The van der Waals surface area contributed by atoms with Gasteiger partial charge in [0.2, 0.25) is 0 Å². The maximum absolute atomic E-state index is 13.2. The fourth-order valence-electron chi connectivity index (χ4n) is 2.69. The van der Waals surface area contributed by atoms with E-state index in [1.807, 2.05) is 0 Å². The standard InChI is InChI=1S/C18H12F2N2OS/c19-12-5-1-10(2-6-12)15-14(9-21)18(22)24-17(15)16(23)11-3-7-13(20)8-4-11/h1-8,15,17H,22H2/t15-,17+/m0/s1. The van der Waals surface area contributed by atoms with E-state index in [4.69, 9.17) is 5.73 Å². The van der Waals surface area contributed by atoms with E-state index < -0.39 is 22.8 Å². The fourth-order valence-corrected chi connectivity index (χ4v) is 3.94. The Kier molecular flexibility index (Phi) is 4.36. The summed E-state index contributed by atoms with van der Waals surface area (Å²) in [6.45, 7) is 0. The van der Waals surface area contributed by atoms with E-state index in [1.165, 1.54) is 36.4 Å². The van der Waals surface area contributed by atoms with Crippen molar-refractivity contribution >= 4 is 17.5 Å². The Bertz CT molecular complexity index is 854. The smallest absolute Gasteiger partial charge is 0.177 e. The number of carbonyl (C=O) groups excluding carboxylic acids is 1. The minimum atomic E-state index is -0.643. The molecule has 120 valence electrons. The summed E-state index contributed by atoms with van der Waals surface area (Å²) in [6.07, 6.45) is 0. The Labute approximate surface area is 141 Å². The average Bonchev–Trinajstić information content (AvgIpc) is 2.92. The van der Waals surface area contributed by atoms with Crippen LogP contribution >= 0.6 is 11.8 Å². The maximum Gasteiger partial charge on any atom is 0.177 e. The van der Waals surface area contributed by atoms with Crippen LogP contribution in [0.2, 0.25) is 0 Å². The van der Waals surface area contributed by atoms with Gasteiger partial charge in [0.1, 0.15) is 11.6 Å². The lowest BCUT2D eigenvalue weighted by Gasteiger charge is -2.19. The van der Waals surface area contributed by atoms with Crippen LogP contribution in [-0.2, 0) is 0 Å². The molecule has 2 N–H and O–H groups in total. The lowest BCUT2D eigenvalue weighted by molar-refractivity contribution is 0.0985. The SMILES string of the molecule is N#CC1=C(N)S[C@@H](C(=O)c2ccc(F)cc2)[C@H]1c1ccc(F)cc1. The zero-order valence-corrected chi connectivity index (χ0v) is 13.2. The van der Waals surface area contributed by atoms with Crippen LogP contribution < -0.4 is 5.73 Å². The Morgan fingerprint density at radius 3 is 2.12 bits per heavy atom. The molecule has 2 atom stereocenters. The summed E-state index contributed by atoms with van der Waals surface area (Å²) >= 11 is 1.11. The van der Waals surface area contributed by atoms with Gasteiger partial charge in [0.25, 0.3) is 0 Å². The summed E-state index contributed by atoms with van der Waals surface area (Å²) in [5.41, 5.74) is 7.19. The number of benzene rings is 2. The van der Waals surface area contributed by atoms with Crippen molar-refractivity contribution < 1.29 is 13.6 Å². The second-order valence-corrected chi connectivity index (χ2v) is 6.51. The van der Waals surface area contributed by atoms with Gasteiger partial charge in [-0.15, -0.1) is 0 Å². The molecule has 1 heterocycles. The number of hydrogen-bond acceptors (Lipinski definition) is 4. The van der Waals surface area contributed by atoms with Crippen LogP contribution in [0.25, 0.3) is 0 Å². The second-order valence-electron chi connectivity index (χ2n) is 5.33. The lowest BCUT2D eigenvalue weighted by Crippen LogP contribution is -2.23. The number of hydrogen-bond donors (Lipinski definition) is 1. The van der Waals surface area contributed by atoms with Crippen LogP contribution in [0.15, 0.2) is 59.1 Å². The van der Waals surface area contributed by atoms with Gasteiger partial charge in [-0.05, 0) is 42.0 Å². The molecule has 0 aliphatic carbocycles. The summed E-state index contributed by atoms with van der Waals surface area (Å²) in [4.78, 5) is 12.8. The van der Waals surface area contributed by atoms with Crippen molar-refractivity contribution in [3.05, 3.63) is 81.9 Å². The molecule has 1 aliphatic heterocycles. The average molecular weight is 342 g/mol. The predicted octanol–water partition coefficient (Wildman–Crippen LogP) is 3.74. The molecule has 0 fully saturated rings. The summed E-state index contributed by atoms with van der Waals surface area (Å²) in [5, 5.41) is 9.03. The second kappa shape index (κ2) is 6.46. The van der Waals surface area contributed by atoms with Crippen molar-refractivity contribution in [1.82, 2.24) is 0 Å². The van der Waals surface area contributed by atoms with Crippen LogP contribution in [0.3, 0.4) is 0 Å². The molecule has 2 aromatic carbocycles. The van der Waals surface area contributed by atoms with Gasteiger partial charge in [0.05, 0.1) is 21.9 Å². The van der Waals surface area contributed by atoms with E-state index in [0.717, 1.165) is 11.8 Å². The monoisotopic (exact) mass is 342 g/mol. The van der Waals surface area contributed by atoms with Gasteiger partial charge in [-0.2, -0.15) is 5.26 Å². The summed E-state index contributed by atoms with van der Waals surface area (Å²) < 4.78 is 26.2. The Hall–Kier alpha value is -2.65. The molecule has 0 unspecified atom stereocenters. The van der Waals surface area contributed by atoms with E-state index >= 15 is 0 Å². The van der Waals surface area contributed by atoms with Gasteiger partial charge in [-0.1, -0.05) is 23.9 Å². The highest BCUT2D eigenvalue weighted by Crippen LogP contribution is 2.46. The third-order valence-electron chi connectivity index (χ3n) is 3.87. The van der Waals surface area contributed by atoms with Crippen LogP contribution in [0, 0.1) is 23.0 Å². The van der Waals surface area contributed by atoms with Crippen LogP contribution in [0.1, 0.15) is 21.8 Å². The highest BCUT2D eigenvalue weighted by Gasteiger charge is 2.40. The van der Waals surface area contributed by atoms with Crippen LogP contribution in [-0.4, -0.2) is 11.0 Å². The highest BCUT2D eigenvalue weighted by atomic mass is 32.2. The number of nitriles is 1. The summed E-state index contributed by atoms with van der Waals surface area (Å²) in [5.74, 6) is -1.64. The third kappa shape index (κ3) is 2.91. The van der Waals surface area contributed by atoms with Crippen molar-refractivity contribution in [2.24, 2.45) is 5.73 Å². The lowest BCUT2D eigenvalue weighted by atomic mass is 9.86. The van der Waals surface area contributed by atoms with Crippen molar-refractivity contribution in [2.45, 2.75) is 11.2 Å². The predicted molar refractivity (Wildman–Crippen MR) is 88.1 cm³/mol. The van der Waals surface area contributed by atoms with Crippen LogP contribution in [0.4, 0.5) is 8.78 Å². The first-order chi connectivity index (χ1) is 11.5. The zero-order valence-electron chi connectivity index (χ0n) is 12.4. The minimum Gasteiger partial charge on any atom is -0.393 e. The number of halogens is 2. The number of allylic oxidation sites excluding steroid dienone is 1. The molecule has 0 saturated carbocycles. The van der Waals surface area contributed by atoms with Crippen molar-refractivity contribution in [3.8, 4) is 6.07 Å². The fraction of sp³-hybridized carbons (Fsp3) is 0.111.